The highest BCUT2D eigenvalue weighted by Crippen LogP contribution is 2.34. The summed E-state index contributed by atoms with van der Waals surface area (Å²) < 4.78 is 5.70. The molecule has 0 unspecified atom stereocenters. The van der Waals surface area contributed by atoms with Crippen molar-refractivity contribution in [2.45, 2.75) is 6.92 Å². The average molecular weight is 338 g/mol. The number of esters is 1. The van der Waals surface area contributed by atoms with E-state index in [9.17, 15) is 9.59 Å². The molecule has 0 aromatic heterocycles. The van der Waals surface area contributed by atoms with Crippen molar-refractivity contribution in [2.75, 3.05) is 0 Å². The maximum Gasteiger partial charge on any atom is 0.335 e. The molecule has 0 bridgehead atoms. The highest BCUT2D eigenvalue weighted by Gasteiger charge is 2.13. The van der Waals surface area contributed by atoms with Gasteiger partial charge in [-0.2, -0.15) is 0 Å². The van der Waals surface area contributed by atoms with Crippen molar-refractivity contribution in [3.05, 3.63) is 26.6 Å². The molecule has 1 aromatic carbocycles. The van der Waals surface area contributed by atoms with Gasteiger partial charge in [0.05, 0.1) is 14.5 Å². The second-order valence-electron chi connectivity index (χ2n) is 2.67. The first-order valence-electron chi connectivity index (χ1n) is 3.82. The van der Waals surface area contributed by atoms with Crippen molar-refractivity contribution >= 4 is 43.8 Å². The quantitative estimate of drug-likeness (QED) is 0.665. The smallest absolute Gasteiger partial charge is 0.335 e. The summed E-state index contributed by atoms with van der Waals surface area (Å²) in [6.07, 6.45) is 0. The molecule has 0 radical (unpaired) electrons. The topological polar surface area (TPSA) is 63.6 Å². The van der Waals surface area contributed by atoms with Crippen molar-refractivity contribution in [2.24, 2.45) is 0 Å². The molecule has 4 nitrogen and oxygen atoms in total. The van der Waals surface area contributed by atoms with E-state index in [1.54, 1.807) is 0 Å². The van der Waals surface area contributed by atoms with Crippen LogP contribution in [0.3, 0.4) is 0 Å². The molecule has 0 saturated heterocycles. The van der Waals surface area contributed by atoms with Crippen LogP contribution in [0.25, 0.3) is 0 Å². The maximum absolute atomic E-state index is 10.8. The summed E-state index contributed by atoms with van der Waals surface area (Å²) in [5.41, 5.74) is 0.102. The lowest BCUT2D eigenvalue weighted by atomic mass is 10.2. The summed E-state index contributed by atoms with van der Waals surface area (Å²) in [5, 5.41) is 8.76. The number of rotatable bonds is 2. The third-order valence-corrected chi connectivity index (χ3v) is 2.67. The molecule has 1 rings (SSSR count). The average Bonchev–Trinajstić information content (AvgIpc) is 2.10. The van der Waals surface area contributed by atoms with Crippen molar-refractivity contribution in [1.29, 1.82) is 0 Å². The second-order valence-corrected chi connectivity index (χ2v) is 4.38. The van der Waals surface area contributed by atoms with Crippen LogP contribution in [0.1, 0.15) is 17.3 Å². The van der Waals surface area contributed by atoms with Gasteiger partial charge in [0.2, 0.25) is 0 Å². The van der Waals surface area contributed by atoms with Gasteiger partial charge in [0.1, 0.15) is 0 Å². The van der Waals surface area contributed by atoms with Gasteiger partial charge in [0, 0.05) is 6.92 Å². The van der Waals surface area contributed by atoms with Gasteiger partial charge in [-0.25, -0.2) is 4.79 Å². The fourth-order valence-electron chi connectivity index (χ4n) is 0.925. The molecular formula is C9H6Br2O4. The summed E-state index contributed by atoms with van der Waals surface area (Å²) in [6.45, 7) is 1.27. The summed E-state index contributed by atoms with van der Waals surface area (Å²) in [7, 11) is 0. The minimum Gasteiger partial charge on any atom is -0.478 e. The second kappa shape index (κ2) is 4.76. The minimum absolute atomic E-state index is 0.102. The third kappa shape index (κ3) is 3.04. The van der Waals surface area contributed by atoms with E-state index in [2.05, 4.69) is 31.9 Å². The van der Waals surface area contributed by atoms with E-state index >= 15 is 0 Å². The zero-order valence-corrected chi connectivity index (χ0v) is 10.8. The fourth-order valence-corrected chi connectivity index (χ4v) is 2.27. The van der Waals surface area contributed by atoms with E-state index in [1.165, 1.54) is 19.1 Å². The lowest BCUT2D eigenvalue weighted by Crippen LogP contribution is -2.04. The maximum atomic E-state index is 10.8. The zero-order chi connectivity index (χ0) is 11.6. The number of hydrogen-bond acceptors (Lipinski definition) is 3. The molecule has 0 fully saturated rings. The first-order chi connectivity index (χ1) is 6.91. The van der Waals surface area contributed by atoms with Crippen LogP contribution in [0.15, 0.2) is 21.1 Å². The first-order valence-corrected chi connectivity index (χ1v) is 5.41. The normalized spacial score (nSPS) is 9.80. The Labute approximate surface area is 102 Å². The largest absolute Gasteiger partial charge is 0.478 e. The summed E-state index contributed by atoms with van der Waals surface area (Å²) >= 11 is 6.25. The molecule has 1 aromatic rings. The summed E-state index contributed by atoms with van der Waals surface area (Å²) in [6, 6.07) is 2.73. The Morgan fingerprint density at radius 1 is 1.27 bits per heavy atom. The van der Waals surface area contributed by atoms with E-state index < -0.39 is 11.9 Å². The standard InChI is InChI=1S/C9H6Br2O4/c1-4(12)15-8-6(10)2-5(9(13)14)3-7(8)11/h2-3H,1H3,(H,13,14). The molecule has 0 aliphatic heterocycles. The molecule has 0 aliphatic rings. The molecule has 15 heavy (non-hydrogen) atoms. The number of hydrogen-bond donors (Lipinski definition) is 1. The van der Waals surface area contributed by atoms with Crippen LogP contribution in [-0.2, 0) is 4.79 Å². The lowest BCUT2D eigenvalue weighted by molar-refractivity contribution is -0.131. The van der Waals surface area contributed by atoms with Crippen LogP contribution in [-0.4, -0.2) is 17.0 Å². The highest BCUT2D eigenvalue weighted by molar-refractivity contribution is 9.11. The molecular weight excluding hydrogens is 332 g/mol. The van der Waals surface area contributed by atoms with Crippen molar-refractivity contribution in [3.8, 4) is 5.75 Å². The number of carboxylic acids is 1. The first kappa shape index (κ1) is 12.2. The Morgan fingerprint density at radius 3 is 2.07 bits per heavy atom. The number of ether oxygens (including phenoxy) is 1. The predicted octanol–water partition coefficient (Wildman–Crippen LogP) is 2.84. The molecule has 80 valence electrons. The Morgan fingerprint density at radius 2 is 1.73 bits per heavy atom. The summed E-state index contributed by atoms with van der Waals surface area (Å²) in [5.74, 6) is -1.25. The van der Waals surface area contributed by atoms with Gasteiger partial charge in [-0.05, 0) is 44.0 Å². The lowest BCUT2D eigenvalue weighted by Gasteiger charge is -2.07. The van der Waals surface area contributed by atoms with E-state index in [1.807, 2.05) is 0 Å². The van der Waals surface area contributed by atoms with Gasteiger partial charge in [-0.3, -0.25) is 4.79 Å². The van der Waals surface area contributed by atoms with E-state index in [-0.39, 0.29) is 11.3 Å². The SMILES string of the molecule is CC(=O)Oc1c(Br)cc(C(=O)O)cc1Br. The van der Waals surface area contributed by atoms with Crippen LogP contribution in [0.2, 0.25) is 0 Å². The van der Waals surface area contributed by atoms with Crippen LogP contribution < -0.4 is 4.74 Å². The zero-order valence-electron chi connectivity index (χ0n) is 7.58. The molecule has 0 atom stereocenters. The van der Waals surface area contributed by atoms with Crippen LogP contribution in [0.5, 0.6) is 5.75 Å². The van der Waals surface area contributed by atoms with Crippen molar-refractivity contribution < 1.29 is 19.4 Å². The Balaban J connectivity index is 3.21. The number of carboxylic acid groups (broad SMARTS) is 1. The Kier molecular flexibility index (Phi) is 3.87. The third-order valence-electron chi connectivity index (χ3n) is 1.49. The Hall–Kier alpha value is -0.880. The fraction of sp³-hybridized carbons (Fsp3) is 0.111. The van der Waals surface area contributed by atoms with Gasteiger partial charge in [0.25, 0.3) is 0 Å². The number of carbonyl (C=O) groups excluding carboxylic acids is 1. The number of aromatic carboxylic acids is 1. The Bertz CT molecular complexity index is 405. The highest BCUT2D eigenvalue weighted by atomic mass is 79.9. The number of halogens is 2. The molecule has 1 N–H and O–H groups in total. The van der Waals surface area contributed by atoms with Crippen LogP contribution in [0, 0.1) is 0 Å². The number of benzene rings is 1. The molecule has 0 heterocycles. The van der Waals surface area contributed by atoms with Gasteiger partial charge in [-0.1, -0.05) is 0 Å². The van der Waals surface area contributed by atoms with Crippen LogP contribution >= 0.6 is 31.9 Å². The van der Waals surface area contributed by atoms with E-state index in [0.29, 0.717) is 8.95 Å². The van der Waals surface area contributed by atoms with Gasteiger partial charge >= 0.3 is 11.9 Å². The monoisotopic (exact) mass is 336 g/mol. The molecule has 0 saturated carbocycles. The molecule has 6 heteroatoms. The van der Waals surface area contributed by atoms with Crippen molar-refractivity contribution in [1.82, 2.24) is 0 Å². The number of carbonyl (C=O) groups is 2. The summed E-state index contributed by atoms with van der Waals surface area (Å²) in [4.78, 5) is 21.4. The van der Waals surface area contributed by atoms with Gasteiger partial charge < -0.3 is 9.84 Å². The molecule has 0 spiro atoms. The van der Waals surface area contributed by atoms with E-state index in [4.69, 9.17) is 9.84 Å². The van der Waals surface area contributed by atoms with Crippen molar-refractivity contribution in [3.63, 3.8) is 0 Å². The molecule has 0 aliphatic carbocycles. The predicted molar refractivity (Wildman–Crippen MR) is 60.1 cm³/mol. The van der Waals surface area contributed by atoms with Gasteiger partial charge in [-0.15, -0.1) is 0 Å². The minimum atomic E-state index is -1.05. The molecule has 0 amide bonds. The van der Waals surface area contributed by atoms with Crippen LogP contribution in [0.4, 0.5) is 0 Å². The van der Waals surface area contributed by atoms with E-state index in [0.717, 1.165) is 0 Å². The van der Waals surface area contributed by atoms with Gasteiger partial charge in [0.15, 0.2) is 5.75 Å².